The fourth-order valence-corrected chi connectivity index (χ4v) is 5.28. The van der Waals surface area contributed by atoms with Crippen LogP contribution in [0.4, 0.5) is 0 Å². The second-order valence-electron chi connectivity index (χ2n) is 7.88. The Balaban J connectivity index is 5.31. The Labute approximate surface area is 146 Å². The topological polar surface area (TPSA) is 28.2 Å². The summed E-state index contributed by atoms with van der Waals surface area (Å²) in [5.41, 5.74) is 0.270. The van der Waals surface area contributed by atoms with Gasteiger partial charge in [0.25, 0.3) is 0 Å². The lowest BCUT2D eigenvalue weighted by atomic mass is 9.79. The Bertz CT molecular complexity index is 277. The summed E-state index contributed by atoms with van der Waals surface area (Å²) in [6.45, 7) is 5.53. The summed E-state index contributed by atoms with van der Waals surface area (Å²) in [5, 5.41) is 0. The van der Waals surface area contributed by atoms with Gasteiger partial charge in [-0.3, -0.25) is 0 Å². The smallest absolute Gasteiger partial charge is 0.334 e. The normalized spacial score (nSPS) is 13.6. The molecule has 0 saturated carbocycles. The Morgan fingerprint density at radius 2 is 1.00 bits per heavy atom. The molecule has 0 aliphatic heterocycles. The van der Waals surface area contributed by atoms with Gasteiger partial charge in [0.05, 0.1) is 0 Å². The van der Waals surface area contributed by atoms with Crippen LogP contribution in [0.1, 0.15) is 19.3 Å². The van der Waals surface area contributed by atoms with Gasteiger partial charge in [-0.25, -0.2) is 0 Å². The highest BCUT2D eigenvalue weighted by Gasteiger charge is 2.41. The number of nitrogens with zero attached hydrogens (tertiary/aromatic N) is 3. The molecule has 0 radical (unpaired) electrons. The highest BCUT2D eigenvalue weighted by atomic mass is 28.4. The highest BCUT2D eigenvalue weighted by Crippen LogP contribution is 2.40. The Hall–Kier alpha value is 0.0169. The minimum atomic E-state index is -2.10. The lowest BCUT2D eigenvalue weighted by Crippen LogP contribution is -2.45. The zero-order chi connectivity index (χ0) is 18.1. The van der Waals surface area contributed by atoms with Crippen molar-refractivity contribution < 1.29 is 8.85 Å². The van der Waals surface area contributed by atoms with Gasteiger partial charge in [0.15, 0.2) is 0 Å². The highest BCUT2D eigenvalue weighted by molar-refractivity contribution is 6.66. The maximum absolute atomic E-state index is 5.84. The predicted molar refractivity (Wildman–Crippen MR) is 102 cm³/mol. The molecular formula is C17H41N3O2Si. The number of hydrogen-bond donors (Lipinski definition) is 0. The zero-order valence-corrected chi connectivity index (χ0v) is 18.1. The maximum Gasteiger partial charge on any atom is 0.334 e. The van der Waals surface area contributed by atoms with Crippen LogP contribution in [0.15, 0.2) is 0 Å². The molecule has 0 aromatic heterocycles. The first-order valence-electron chi connectivity index (χ1n) is 8.62. The van der Waals surface area contributed by atoms with Crippen molar-refractivity contribution >= 4 is 8.56 Å². The summed E-state index contributed by atoms with van der Waals surface area (Å²) >= 11 is 0. The van der Waals surface area contributed by atoms with E-state index in [0.717, 1.165) is 25.7 Å². The molecule has 0 saturated heterocycles. The van der Waals surface area contributed by atoms with Crippen LogP contribution >= 0.6 is 0 Å². The zero-order valence-electron chi connectivity index (χ0n) is 17.1. The third-order valence-electron chi connectivity index (χ3n) is 4.83. The van der Waals surface area contributed by atoms with E-state index in [0.29, 0.717) is 0 Å². The quantitative estimate of drug-likeness (QED) is 0.476. The van der Waals surface area contributed by atoms with Crippen LogP contribution in [0.2, 0.25) is 12.6 Å². The third-order valence-corrected chi connectivity index (χ3v) is 7.95. The van der Waals surface area contributed by atoms with E-state index in [2.05, 4.69) is 63.5 Å². The van der Waals surface area contributed by atoms with E-state index in [1.165, 1.54) is 19.3 Å². The molecule has 0 N–H and O–H groups in total. The van der Waals surface area contributed by atoms with E-state index >= 15 is 0 Å². The van der Waals surface area contributed by atoms with Gasteiger partial charge in [0.2, 0.25) is 0 Å². The van der Waals surface area contributed by atoms with Crippen molar-refractivity contribution in [3.63, 3.8) is 0 Å². The van der Waals surface area contributed by atoms with Crippen LogP contribution in [-0.4, -0.2) is 99.4 Å². The second-order valence-corrected chi connectivity index (χ2v) is 11.3. The van der Waals surface area contributed by atoms with E-state index in [1.54, 1.807) is 0 Å². The Morgan fingerprint density at radius 1 is 0.696 bits per heavy atom. The van der Waals surface area contributed by atoms with Crippen LogP contribution in [-0.2, 0) is 8.85 Å². The largest absolute Gasteiger partial charge is 0.398 e. The van der Waals surface area contributed by atoms with Crippen molar-refractivity contribution in [2.24, 2.45) is 5.41 Å². The van der Waals surface area contributed by atoms with Crippen molar-refractivity contribution in [1.29, 1.82) is 0 Å². The molecule has 140 valence electrons. The van der Waals surface area contributed by atoms with E-state index in [4.69, 9.17) is 8.85 Å². The van der Waals surface area contributed by atoms with Crippen molar-refractivity contribution in [1.82, 2.24) is 14.7 Å². The van der Waals surface area contributed by atoms with Crippen LogP contribution < -0.4 is 0 Å². The van der Waals surface area contributed by atoms with E-state index in [-0.39, 0.29) is 5.41 Å². The molecule has 0 aromatic rings. The molecule has 23 heavy (non-hydrogen) atoms. The Morgan fingerprint density at radius 3 is 1.22 bits per heavy atom. The lowest BCUT2D eigenvalue weighted by Gasteiger charge is -2.41. The van der Waals surface area contributed by atoms with Crippen LogP contribution in [0.5, 0.6) is 0 Å². The minimum absolute atomic E-state index is 0.270. The monoisotopic (exact) mass is 347 g/mol. The summed E-state index contributed by atoms with van der Waals surface area (Å²) in [7, 11) is 14.5. The lowest BCUT2D eigenvalue weighted by molar-refractivity contribution is 0.149. The van der Waals surface area contributed by atoms with Crippen LogP contribution in [0, 0.1) is 5.41 Å². The number of rotatable bonds is 13. The molecule has 0 spiro atoms. The summed E-state index contributed by atoms with van der Waals surface area (Å²) in [5.74, 6) is 0. The maximum atomic E-state index is 5.84. The van der Waals surface area contributed by atoms with Gasteiger partial charge in [-0.15, -0.1) is 0 Å². The van der Waals surface area contributed by atoms with E-state index in [1.807, 2.05) is 14.2 Å². The minimum Gasteiger partial charge on any atom is -0.398 e. The van der Waals surface area contributed by atoms with Crippen molar-refractivity contribution in [2.75, 3.05) is 76.1 Å². The molecule has 0 aliphatic carbocycles. The molecule has 0 heterocycles. The van der Waals surface area contributed by atoms with Crippen molar-refractivity contribution in [2.45, 2.75) is 31.9 Å². The first-order valence-corrected chi connectivity index (χ1v) is 11.1. The summed E-state index contributed by atoms with van der Waals surface area (Å²) in [4.78, 5) is 6.87. The molecule has 0 atom stereocenters. The fourth-order valence-electron chi connectivity index (χ4n) is 2.93. The SMILES string of the molecule is CO[Si](C)(CC(CCN(C)C)(CCN(C)C)CCN(C)C)OC. The predicted octanol–water partition coefficient (Wildman–Crippen LogP) is 2.19. The molecule has 0 rings (SSSR count). The van der Waals surface area contributed by atoms with Crippen molar-refractivity contribution in [3.8, 4) is 0 Å². The molecule has 0 aliphatic rings. The average molecular weight is 348 g/mol. The standard InChI is InChI=1S/C17H41N3O2Si/c1-18(2)13-10-17(11-14-19(3)4,12-15-20(5)6)16-23(9,21-7)22-8/h10-16H2,1-9H3. The van der Waals surface area contributed by atoms with Crippen LogP contribution in [0.25, 0.3) is 0 Å². The van der Waals surface area contributed by atoms with E-state index < -0.39 is 8.56 Å². The molecule has 0 fully saturated rings. The van der Waals surface area contributed by atoms with Gasteiger partial charge in [-0.1, -0.05) is 0 Å². The van der Waals surface area contributed by atoms with Crippen LogP contribution in [0.3, 0.4) is 0 Å². The van der Waals surface area contributed by atoms with Gasteiger partial charge < -0.3 is 23.6 Å². The fraction of sp³-hybridized carbons (Fsp3) is 1.00. The Kier molecular flexibility index (Phi) is 10.8. The molecule has 0 bridgehead atoms. The van der Waals surface area contributed by atoms with Gasteiger partial charge >= 0.3 is 8.56 Å². The van der Waals surface area contributed by atoms with Gasteiger partial charge in [-0.2, -0.15) is 0 Å². The number of hydrogen-bond acceptors (Lipinski definition) is 5. The van der Waals surface area contributed by atoms with Gasteiger partial charge in [0, 0.05) is 14.2 Å². The molecule has 6 heteroatoms. The van der Waals surface area contributed by atoms with E-state index in [9.17, 15) is 0 Å². The summed E-state index contributed by atoms with van der Waals surface area (Å²) in [6, 6.07) is 1.06. The second kappa shape index (κ2) is 10.8. The molecule has 5 nitrogen and oxygen atoms in total. The summed E-state index contributed by atoms with van der Waals surface area (Å²) < 4.78 is 11.7. The molecule has 0 unspecified atom stereocenters. The first-order chi connectivity index (χ1) is 10.6. The van der Waals surface area contributed by atoms with Gasteiger partial charge in [-0.05, 0) is 99.2 Å². The average Bonchev–Trinajstić information content (AvgIpc) is 2.48. The van der Waals surface area contributed by atoms with Gasteiger partial charge in [0.1, 0.15) is 0 Å². The molecule has 0 amide bonds. The molecule has 0 aromatic carbocycles. The van der Waals surface area contributed by atoms with Crippen molar-refractivity contribution in [3.05, 3.63) is 0 Å². The molecular weight excluding hydrogens is 306 g/mol. The third kappa shape index (κ3) is 9.79. The first kappa shape index (κ1) is 23.0. The summed E-state index contributed by atoms with van der Waals surface area (Å²) in [6.07, 6.45) is 3.57.